The van der Waals surface area contributed by atoms with E-state index in [-0.39, 0.29) is 11.2 Å². The lowest BCUT2D eigenvalue weighted by atomic mass is 10.1. The zero-order chi connectivity index (χ0) is 14.1. The first-order valence-electron chi connectivity index (χ1n) is 6.14. The molecular weight excluding hydrogens is 358 g/mol. The number of amides is 1. The number of anilines is 1. The maximum Gasteiger partial charge on any atom is 0.238 e. The summed E-state index contributed by atoms with van der Waals surface area (Å²) >= 11 is 11.0. The van der Waals surface area contributed by atoms with Gasteiger partial charge in [0.1, 0.15) is 0 Å². The second-order valence-corrected chi connectivity index (χ2v) is 7.04. The maximum absolute atomic E-state index is 12.3. The summed E-state index contributed by atoms with van der Waals surface area (Å²) < 4.78 is 0.819. The Kier molecular flexibility index (Phi) is 4.06. The van der Waals surface area contributed by atoms with Crippen molar-refractivity contribution < 1.29 is 4.79 Å². The number of hydrogen-bond donors (Lipinski definition) is 1. The summed E-state index contributed by atoms with van der Waals surface area (Å²) in [6, 6.07) is 13.6. The fourth-order valence-corrected chi connectivity index (χ4v) is 3.75. The molecule has 0 aromatic heterocycles. The molecule has 2 aromatic rings. The smallest absolute Gasteiger partial charge is 0.238 e. The first-order chi connectivity index (χ1) is 9.63. The van der Waals surface area contributed by atoms with Crippen molar-refractivity contribution in [1.82, 2.24) is 0 Å². The van der Waals surface area contributed by atoms with Gasteiger partial charge in [0.25, 0.3) is 0 Å². The van der Waals surface area contributed by atoms with E-state index >= 15 is 0 Å². The number of nitrogens with one attached hydrogen (secondary N) is 1. The summed E-state index contributed by atoms with van der Waals surface area (Å²) in [6.07, 6.45) is 0.775. The highest BCUT2D eigenvalue weighted by Crippen LogP contribution is 2.37. The molecule has 102 valence electrons. The largest absolute Gasteiger partial charge is 0.325 e. The fourth-order valence-electron chi connectivity index (χ4n) is 2.12. The number of thioether (sulfide) groups is 1. The van der Waals surface area contributed by atoms with Gasteiger partial charge in [0.05, 0.1) is 10.3 Å². The monoisotopic (exact) mass is 367 g/mol. The highest BCUT2D eigenvalue weighted by atomic mass is 79.9. The standard InChI is InChI=1S/C15H11BrClNOS/c16-11-6-5-10(8-12(11)17)18-15(19)14-7-9-3-1-2-4-13(9)20-14/h1-6,8,14H,7H2,(H,18,19). The van der Waals surface area contributed by atoms with Crippen LogP contribution in [0.25, 0.3) is 0 Å². The van der Waals surface area contributed by atoms with E-state index in [0.717, 1.165) is 16.6 Å². The molecule has 0 fully saturated rings. The average Bonchev–Trinajstić information content (AvgIpc) is 2.87. The van der Waals surface area contributed by atoms with E-state index in [0.29, 0.717) is 5.02 Å². The summed E-state index contributed by atoms with van der Waals surface area (Å²) in [5.74, 6) is 0.0181. The average molecular weight is 369 g/mol. The van der Waals surface area contributed by atoms with Gasteiger partial charge < -0.3 is 5.32 Å². The summed E-state index contributed by atoms with van der Waals surface area (Å²) in [7, 11) is 0. The van der Waals surface area contributed by atoms with Crippen molar-refractivity contribution in [2.24, 2.45) is 0 Å². The van der Waals surface area contributed by atoms with Gasteiger partial charge in [-0.2, -0.15) is 0 Å². The van der Waals surface area contributed by atoms with Crippen molar-refractivity contribution in [3.63, 3.8) is 0 Å². The Bertz CT molecular complexity index is 652. The summed E-state index contributed by atoms with van der Waals surface area (Å²) in [4.78, 5) is 13.5. The molecule has 3 rings (SSSR count). The minimum absolute atomic E-state index is 0.0181. The van der Waals surface area contributed by atoms with Crippen LogP contribution in [0, 0.1) is 0 Å². The lowest BCUT2D eigenvalue weighted by Crippen LogP contribution is -2.24. The first kappa shape index (κ1) is 14.0. The molecule has 1 N–H and O–H groups in total. The van der Waals surface area contributed by atoms with E-state index in [2.05, 4.69) is 33.4 Å². The third-order valence-electron chi connectivity index (χ3n) is 3.13. The Morgan fingerprint density at radius 3 is 2.85 bits per heavy atom. The van der Waals surface area contributed by atoms with Crippen LogP contribution in [-0.4, -0.2) is 11.2 Å². The fraction of sp³-hybridized carbons (Fsp3) is 0.133. The van der Waals surface area contributed by atoms with Crippen molar-refractivity contribution in [3.05, 3.63) is 57.5 Å². The predicted octanol–water partition coefficient (Wildman–Crippen LogP) is 4.76. The molecule has 2 aromatic carbocycles. The van der Waals surface area contributed by atoms with Crippen LogP contribution in [-0.2, 0) is 11.2 Å². The van der Waals surface area contributed by atoms with Crippen molar-refractivity contribution >= 4 is 50.9 Å². The summed E-state index contributed by atoms with van der Waals surface area (Å²) in [6.45, 7) is 0. The normalized spacial score (nSPS) is 16.8. The van der Waals surface area contributed by atoms with Gasteiger partial charge in [-0.25, -0.2) is 0 Å². The Morgan fingerprint density at radius 2 is 2.10 bits per heavy atom. The number of hydrogen-bond acceptors (Lipinski definition) is 2. The topological polar surface area (TPSA) is 29.1 Å². The zero-order valence-corrected chi connectivity index (χ0v) is 13.6. The van der Waals surface area contributed by atoms with Crippen LogP contribution >= 0.6 is 39.3 Å². The van der Waals surface area contributed by atoms with Crippen LogP contribution in [0.2, 0.25) is 5.02 Å². The molecule has 5 heteroatoms. The van der Waals surface area contributed by atoms with E-state index in [4.69, 9.17) is 11.6 Å². The number of fused-ring (bicyclic) bond motifs is 1. The number of rotatable bonds is 2. The molecule has 1 aliphatic rings. The lowest BCUT2D eigenvalue weighted by molar-refractivity contribution is -0.115. The van der Waals surface area contributed by atoms with Crippen LogP contribution in [0.1, 0.15) is 5.56 Å². The van der Waals surface area contributed by atoms with Crippen molar-refractivity contribution in [1.29, 1.82) is 0 Å². The number of benzene rings is 2. The van der Waals surface area contributed by atoms with Gasteiger partial charge in [0.2, 0.25) is 5.91 Å². The first-order valence-corrected chi connectivity index (χ1v) is 8.19. The third-order valence-corrected chi connectivity index (χ3v) is 5.68. The Labute approximate surface area is 135 Å². The molecule has 2 nitrogen and oxygen atoms in total. The van der Waals surface area contributed by atoms with Crippen LogP contribution in [0.3, 0.4) is 0 Å². The molecule has 0 aliphatic carbocycles. The molecule has 20 heavy (non-hydrogen) atoms. The van der Waals surface area contributed by atoms with E-state index in [9.17, 15) is 4.79 Å². The van der Waals surface area contributed by atoms with E-state index in [1.54, 1.807) is 17.8 Å². The Hall–Kier alpha value is -0.970. The van der Waals surface area contributed by atoms with Crippen molar-refractivity contribution in [2.45, 2.75) is 16.6 Å². The summed E-state index contributed by atoms with van der Waals surface area (Å²) in [5.41, 5.74) is 1.96. The molecule has 1 atom stereocenters. The molecule has 1 amide bonds. The van der Waals surface area contributed by atoms with Crippen LogP contribution in [0.15, 0.2) is 51.8 Å². The summed E-state index contributed by atoms with van der Waals surface area (Å²) in [5, 5.41) is 3.44. The maximum atomic E-state index is 12.3. The van der Waals surface area contributed by atoms with Crippen molar-refractivity contribution in [3.8, 4) is 0 Å². The second kappa shape index (κ2) is 5.80. The number of carbonyl (C=O) groups excluding carboxylic acids is 1. The number of carbonyl (C=O) groups is 1. The van der Waals surface area contributed by atoms with E-state index < -0.39 is 0 Å². The molecule has 0 saturated heterocycles. The predicted molar refractivity (Wildman–Crippen MR) is 87.6 cm³/mol. The molecule has 0 saturated carbocycles. The molecule has 0 radical (unpaired) electrons. The SMILES string of the molecule is O=C(Nc1ccc(Br)c(Cl)c1)C1Cc2ccccc2S1. The molecule has 0 spiro atoms. The number of halogens is 2. The van der Waals surface area contributed by atoms with Gasteiger partial charge >= 0.3 is 0 Å². The second-order valence-electron chi connectivity index (χ2n) is 4.54. The lowest BCUT2D eigenvalue weighted by Gasteiger charge is -2.10. The highest BCUT2D eigenvalue weighted by Gasteiger charge is 2.27. The van der Waals surface area contributed by atoms with Gasteiger partial charge in [-0.3, -0.25) is 4.79 Å². The molecule has 1 heterocycles. The Balaban J connectivity index is 1.71. The third kappa shape index (κ3) is 2.87. The highest BCUT2D eigenvalue weighted by molar-refractivity contribution is 9.10. The van der Waals surface area contributed by atoms with Gasteiger partial charge in [-0.05, 0) is 52.2 Å². The molecule has 1 aliphatic heterocycles. The van der Waals surface area contributed by atoms with E-state index in [1.807, 2.05) is 24.3 Å². The van der Waals surface area contributed by atoms with Gasteiger partial charge in [-0.1, -0.05) is 29.8 Å². The van der Waals surface area contributed by atoms with Crippen LogP contribution in [0.4, 0.5) is 5.69 Å². The van der Waals surface area contributed by atoms with Crippen LogP contribution in [0.5, 0.6) is 0 Å². The van der Waals surface area contributed by atoms with E-state index in [1.165, 1.54) is 10.5 Å². The van der Waals surface area contributed by atoms with Crippen molar-refractivity contribution in [2.75, 3.05) is 5.32 Å². The zero-order valence-electron chi connectivity index (χ0n) is 10.4. The molecule has 1 unspecified atom stereocenters. The minimum Gasteiger partial charge on any atom is -0.325 e. The molecular formula is C15H11BrClNOS. The Morgan fingerprint density at radius 1 is 1.30 bits per heavy atom. The molecule has 0 bridgehead atoms. The quantitative estimate of drug-likeness (QED) is 0.828. The minimum atomic E-state index is -0.0742. The van der Waals surface area contributed by atoms with Gasteiger partial charge in [0.15, 0.2) is 0 Å². The van der Waals surface area contributed by atoms with Crippen LogP contribution < -0.4 is 5.32 Å². The van der Waals surface area contributed by atoms with Gasteiger partial charge in [-0.15, -0.1) is 11.8 Å². The van der Waals surface area contributed by atoms with Gasteiger partial charge in [0, 0.05) is 15.1 Å².